The highest BCUT2D eigenvalue weighted by atomic mass is 32.2. The summed E-state index contributed by atoms with van der Waals surface area (Å²) in [5.74, 6) is 0.511. The summed E-state index contributed by atoms with van der Waals surface area (Å²) in [6.07, 6.45) is 15.8. The van der Waals surface area contributed by atoms with E-state index in [4.69, 9.17) is 4.74 Å². The van der Waals surface area contributed by atoms with Gasteiger partial charge >= 0.3 is 6.09 Å². The molecule has 0 saturated heterocycles. The van der Waals surface area contributed by atoms with Crippen molar-refractivity contribution >= 4 is 61.2 Å². The molecule has 4 aromatic carbocycles. The number of fused-ring (bicyclic) bond motifs is 4. The van der Waals surface area contributed by atoms with Crippen LogP contribution in [0, 0.1) is 0 Å². The van der Waals surface area contributed by atoms with Gasteiger partial charge in [-0.05, 0) is 120 Å². The van der Waals surface area contributed by atoms with Gasteiger partial charge in [0.2, 0.25) is 0 Å². The van der Waals surface area contributed by atoms with Crippen LogP contribution in [-0.2, 0) is 37.7 Å². The lowest BCUT2D eigenvalue weighted by Gasteiger charge is -2.29. The van der Waals surface area contributed by atoms with Crippen LogP contribution in [0.1, 0.15) is 91.7 Å². The third-order valence-corrected chi connectivity index (χ3v) is 13.0. The first-order valence-electron chi connectivity index (χ1n) is 21.6. The monoisotopic (exact) mass is 877 g/mol. The second-order valence-corrected chi connectivity index (χ2v) is 20.5. The van der Waals surface area contributed by atoms with E-state index in [1.54, 1.807) is 11.9 Å². The highest BCUT2D eigenvalue weighted by Gasteiger charge is 2.41. The molecular weight excluding hydrogens is 815 g/mol. The van der Waals surface area contributed by atoms with Gasteiger partial charge in [0, 0.05) is 54.1 Å². The predicted octanol–water partition coefficient (Wildman–Crippen LogP) is 11.9. The van der Waals surface area contributed by atoms with Crippen LogP contribution in [0.4, 0.5) is 16.2 Å². The van der Waals surface area contributed by atoms with Crippen molar-refractivity contribution in [2.45, 2.75) is 97.0 Å². The first-order chi connectivity index (χ1) is 29.4. The lowest BCUT2D eigenvalue weighted by atomic mass is 9.77. The minimum atomic E-state index is -1.83. The molecule has 4 aromatic rings. The molecule has 1 aliphatic heterocycles. The summed E-state index contributed by atoms with van der Waals surface area (Å²) in [4.78, 5) is 17.7. The third-order valence-electron chi connectivity index (χ3n) is 11.7. The second kappa shape index (κ2) is 19.7. The fourth-order valence-electron chi connectivity index (χ4n) is 8.83. The predicted molar refractivity (Wildman–Crippen MR) is 260 cm³/mol. The number of carbonyl (C=O) groups excluding carboxylic acids is 1. The number of benzene rings is 4. The smallest absolute Gasteiger partial charge is 0.414 e. The summed E-state index contributed by atoms with van der Waals surface area (Å²) in [6.45, 7) is 16.0. The van der Waals surface area contributed by atoms with Crippen molar-refractivity contribution in [3.05, 3.63) is 143 Å². The minimum absolute atomic E-state index is 0.241. The molecule has 0 saturated carbocycles. The van der Waals surface area contributed by atoms with Crippen molar-refractivity contribution < 1.29 is 27.1 Å². The molecule has 0 spiro atoms. The third kappa shape index (κ3) is 10.9. The van der Waals surface area contributed by atoms with Crippen LogP contribution in [0.25, 0.3) is 21.5 Å². The highest BCUT2D eigenvalue weighted by Crippen LogP contribution is 2.51. The number of unbranched alkanes of at least 4 members (excludes halogenated alkanes) is 2. The Morgan fingerprint density at radius 2 is 1.45 bits per heavy atom. The Hall–Kier alpha value is -4.81. The van der Waals surface area contributed by atoms with Crippen molar-refractivity contribution in [2.24, 2.45) is 0 Å². The van der Waals surface area contributed by atoms with Crippen LogP contribution in [-0.4, -0.2) is 65.8 Å². The molecule has 11 heteroatoms. The van der Waals surface area contributed by atoms with Crippen LogP contribution in [0.3, 0.4) is 0 Å². The Balaban J connectivity index is 1.36. The Bertz CT molecular complexity index is 2510. The fraction of sp³-hybridized carbons (Fsp3) is 0.392. The first kappa shape index (κ1) is 46.7. The first-order valence-corrected chi connectivity index (χ1v) is 24.1. The van der Waals surface area contributed by atoms with E-state index < -0.39 is 33.9 Å². The van der Waals surface area contributed by atoms with Crippen LogP contribution < -0.4 is 10.2 Å². The molecule has 330 valence electrons. The van der Waals surface area contributed by atoms with Crippen molar-refractivity contribution in [1.29, 1.82) is 0 Å². The number of nitrogens with one attached hydrogen (secondary N) is 1. The lowest BCUT2D eigenvalue weighted by molar-refractivity contribution is 0.0357. The van der Waals surface area contributed by atoms with Gasteiger partial charge in [-0.2, -0.15) is 0 Å². The molecule has 0 bridgehead atoms. The van der Waals surface area contributed by atoms with Crippen LogP contribution in [0.2, 0.25) is 0 Å². The van der Waals surface area contributed by atoms with Gasteiger partial charge in [-0.3, -0.25) is 4.90 Å². The molecule has 6 rings (SSSR count). The number of ether oxygens (including phenoxy) is 1. The summed E-state index contributed by atoms with van der Waals surface area (Å²) in [7, 11) is 1.76. The zero-order valence-electron chi connectivity index (χ0n) is 37.5. The molecule has 0 radical (unpaired) electrons. The maximum atomic E-state index is 13.8. The summed E-state index contributed by atoms with van der Waals surface area (Å²) >= 11 is -3.62. The quantitative estimate of drug-likeness (QED) is 0.0709. The number of carbonyl (C=O) groups is 1. The number of hydrogen-bond acceptors (Lipinski definition) is 6. The molecule has 2 atom stereocenters. The van der Waals surface area contributed by atoms with Gasteiger partial charge in [0.15, 0.2) is 22.2 Å². The molecular formula is C51H63N3O6S2. The zero-order valence-corrected chi connectivity index (χ0v) is 39.1. The van der Waals surface area contributed by atoms with Gasteiger partial charge in [-0.1, -0.05) is 119 Å². The highest BCUT2D eigenvalue weighted by molar-refractivity contribution is 7.79. The molecule has 9 nitrogen and oxygen atoms in total. The second-order valence-electron chi connectivity index (χ2n) is 18.4. The Kier molecular flexibility index (Phi) is 14.8. The standard InChI is InChI=1S/C51H63N3O6S2/c1-49(2,3)60-48(55)53(8)47-38(20-17-31-50(4,5)45-40-21-11-9-18-36(40)25-28-42(45)52-32-13-15-34-61(56)57)23-24-39(47)27-30-44-51(6,7)46-41-22-12-10-19-37(41)26-29-43(46)54(44)33-14-16-35-62(58)59/h9-12,17-30,52H,13-16,31-35H2,1-8H3,(H,56,57)(H,58,59)/b20-17+,39-27+,44-30+. The number of likely N-dealkylation sites (N-methyl/N-ethyl adjacent to an activating group) is 1. The van der Waals surface area contributed by atoms with Gasteiger partial charge in [-0.15, -0.1) is 0 Å². The summed E-state index contributed by atoms with van der Waals surface area (Å²) in [5.41, 5.74) is 6.95. The number of anilines is 2. The van der Waals surface area contributed by atoms with E-state index in [1.807, 2.05) is 20.8 Å². The SMILES string of the molecule is CN(C(=O)OC(C)(C)C)C1=C(/C=C/CC(C)(C)c2c(NCCCCS(=O)O)ccc3ccccc23)C=C/C1=C\C=C1\N(CCCCS(=O)O)c2ccc3ccccc3c2C1(C)C. The van der Waals surface area contributed by atoms with Crippen LogP contribution >= 0.6 is 0 Å². The van der Waals surface area contributed by atoms with Crippen molar-refractivity contribution in [1.82, 2.24) is 4.90 Å². The number of hydrogen-bond donors (Lipinski definition) is 3. The maximum absolute atomic E-state index is 13.8. The summed E-state index contributed by atoms with van der Waals surface area (Å²) in [5, 5.41) is 8.36. The molecule has 3 N–H and O–H groups in total. The van der Waals surface area contributed by atoms with Crippen LogP contribution in [0.5, 0.6) is 0 Å². The average molecular weight is 878 g/mol. The van der Waals surface area contributed by atoms with E-state index in [1.165, 1.54) is 27.3 Å². The molecule has 2 aliphatic rings. The van der Waals surface area contributed by atoms with Gasteiger partial charge < -0.3 is 24.1 Å². The van der Waals surface area contributed by atoms with E-state index in [9.17, 15) is 22.3 Å². The van der Waals surface area contributed by atoms with E-state index in [-0.39, 0.29) is 22.3 Å². The zero-order chi connectivity index (χ0) is 44.8. The summed E-state index contributed by atoms with van der Waals surface area (Å²) < 4.78 is 47.3. The molecule has 62 heavy (non-hydrogen) atoms. The minimum Gasteiger partial charge on any atom is -0.443 e. The average Bonchev–Trinajstić information content (AvgIpc) is 3.70. The van der Waals surface area contributed by atoms with Gasteiger partial charge in [0.25, 0.3) is 0 Å². The summed E-state index contributed by atoms with van der Waals surface area (Å²) in [6, 6.07) is 25.5. The van der Waals surface area contributed by atoms with E-state index in [0.29, 0.717) is 32.4 Å². The molecule has 1 amide bonds. The number of nitrogens with zero attached hydrogens (tertiary/aromatic N) is 2. The molecule has 0 aromatic heterocycles. The van der Waals surface area contributed by atoms with Crippen LogP contribution in [0.15, 0.2) is 132 Å². The Morgan fingerprint density at radius 1 is 0.823 bits per heavy atom. The number of allylic oxidation sites excluding steroid dienone is 8. The van der Waals surface area contributed by atoms with Crippen molar-refractivity contribution in [3.8, 4) is 0 Å². The van der Waals surface area contributed by atoms with E-state index >= 15 is 0 Å². The van der Waals surface area contributed by atoms with E-state index in [2.05, 4.69) is 147 Å². The molecule has 0 fully saturated rings. The Labute approximate surface area is 373 Å². The van der Waals surface area contributed by atoms with Gasteiger partial charge in [0.1, 0.15) is 5.60 Å². The van der Waals surface area contributed by atoms with Gasteiger partial charge in [0.05, 0.1) is 5.70 Å². The topological polar surface area (TPSA) is 119 Å². The Morgan fingerprint density at radius 3 is 2.13 bits per heavy atom. The molecule has 1 heterocycles. The molecule has 2 unspecified atom stereocenters. The fourth-order valence-corrected chi connectivity index (χ4v) is 9.73. The lowest BCUT2D eigenvalue weighted by Crippen LogP contribution is -2.34. The van der Waals surface area contributed by atoms with Crippen molar-refractivity contribution in [2.75, 3.05) is 41.9 Å². The van der Waals surface area contributed by atoms with Gasteiger partial charge in [-0.25, -0.2) is 13.2 Å². The number of rotatable bonds is 17. The maximum Gasteiger partial charge on any atom is 0.414 e. The number of amides is 1. The van der Waals surface area contributed by atoms with E-state index in [0.717, 1.165) is 52.1 Å². The normalized spacial score (nSPS) is 17.5. The molecule has 1 aliphatic carbocycles. The largest absolute Gasteiger partial charge is 0.443 e. The van der Waals surface area contributed by atoms with Crippen molar-refractivity contribution in [3.63, 3.8) is 0 Å².